The zero-order valence-electron chi connectivity index (χ0n) is 10.3. The Labute approximate surface area is 106 Å². The summed E-state index contributed by atoms with van der Waals surface area (Å²) in [5, 5.41) is 8.88. The van der Waals surface area contributed by atoms with Gasteiger partial charge in [-0.2, -0.15) is 5.26 Å². The van der Waals surface area contributed by atoms with Crippen LogP contribution in [0.15, 0.2) is 42.6 Å². The van der Waals surface area contributed by atoms with Gasteiger partial charge in [0.25, 0.3) is 0 Å². The number of ketones is 1. The number of aryl methyl sites for hydroxylation is 1. The van der Waals surface area contributed by atoms with Crippen molar-refractivity contribution in [2.24, 2.45) is 0 Å². The fourth-order valence-electron chi connectivity index (χ4n) is 1.83. The van der Waals surface area contributed by atoms with Gasteiger partial charge in [-0.3, -0.25) is 4.79 Å². The monoisotopic (exact) mass is 238 g/mol. The van der Waals surface area contributed by atoms with Gasteiger partial charge in [0.05, 0.1) is 6.54 Å². The molecule has 0 atom stereocenters. The number of rotatable bonds is 4. The van der Waals surface area contributed by atoms with Crippen molar-refractivity contribution in [2.45, 2.75) is 19.9 Å². The van der Waals surface area contributed by atoms with Crippen LogP contribution in [0.2, 0.25) is 0 Å². The summed E-state index contributed by atoms with van der Waals surface area (Å²) < 4.78 is 1.66. The number of nitriles is 1. The molecule has 0 spiro atoms. The number of carbonyl (C=O) groups is 1. The molecule has 1 heterocycles. The highest BCUT2D eigenvalue weighted by Gasteiger charge is 2.08. The Kier molecular flexibility index (Phi) is 3.59. The maximum atomic E-state index is 12.0. The van der Waals surface area contributed by atoms with Crippen LogP contribution in [-0.4, -0.2) is 10.4 Å². The Bertz CT molecular complexity index is 588. The van der Waals surface area contributed by atoms with E-state index in [4.69, 9.17) is 5.26 Å². The highest BCUT2D eigenvalue weighted by Crippen LogP contribution is 2.08. The molecule has 0 fully saturated rings. The van der Waals surface area contributed by atoms with Gasteiger partial charge in [-0.25, -0.2) is 0 Å². The molecule has 0 aliphatic rings. The molecular weight excluding hydrogens is 224 g/mol. The molecule has 2 aromatic rings. The molecule has 0 saturated carbocycles. The number of carbonyl (C=O) groups excluding carboxylic acids is 1. The molecule has 0 aliphatic heterocycles. The van der Waals surface area contributed by atoms with Crippen molar-refractivity contribution in [3.8, 4) is 6.07 Å². The summed E-state index contributed by atoms with van der Waals surface area (Å²) in [6.45, 7) is 2.29. The quantitative estimate of drug-likeness (QED) is 0.769. The molecular formula is C15H14N2O. The second-order valence-electron chi connectivity index (χ2n) is 4.11. The maximum absolute atomic E-state index is 12.0. The van der Waals surface area contributed by atoms with Crippen molar-refractivity contribution in [3.05, 3.63) is 59.4 Å². The second-order valence-corrected chi connectivity index (χ2v) is 4.11. The zero-order valence-corrected chi connectivity index (χ0v) is 10.3. The van der Waals surface area contributed by atoms with E-state index >= 15 is 0 Å². The van der Waals surface area contributed by atoms with Crippen LogP contribution in [0.3, 0.4) is 0 Å². The summed E-state index contributed by atoms with van der Waals surface area (Å²) in [5.41, 5.74) is 2.41. The normalized spacial score (nSPS) is 10.0. The second kappa shape index (κ2) is 5.33. The number of Topliss-reactive ketones (excluding diaryl/α,β-unsaturated/α-hetero) is 1. The van der Waals surface area contributed by atoms with Crippen LogP contribution in [0.1, 0.15) is 28.5 Å². The zero-order chi connectivity index (χ0) is 13.0. The number of aromatic nitrogens is 1. The van der Waals surface area contributed by atoms with Gasteiger partial charge in [-0.05, 0) is 24.1 Å². The summed E-state index contributed by atoms with van der Waals surface area (Å²) >= 11 is 0. The summed E-state index contributed by atoms with van der Waals surface area (Å²) in [5.74, 6) is 0.0188. The van der Waals surface area contributed by atoms with E-state index < -0.39 is 0 Å². The van der Waals surface area contributed by atoms with Crippen molar-refractivity contribution in [1.29, 1.82) is 5.26 Å². The van der Waals surface area contributed by atoms with Crippen LogP contribution in [0.5, 0.6) is 0 Å². The molecule has 0 bridgehead atoms. The van der Waals surface area contributed by atoms with E-state index in [9.17, 15) is 4.79 Å². The Morgan fingerprint density at radius 3 is 2.61 bits per heavy atom. The summed E-state index contributed by atoms with van der Waals surface area (Å²) in [6, 6.07) is 13.2. The molecule has 18 heavy (non-hydrogen) atoms. The van der Waals surface area contributed by atoms with Gasteiger partial charge in [-0.1, -0.05) is 31.2 Å². The van der Waals surface area contributed by atoms with Crippen LogP contribution in [0.25, 0.3) is 0 Å². The van der Waals surface area contributed by atoms with Crippen molar-refractivity contribution in [3.63, 3.8) is 0 Å². The Hall–Kier alpha value is -2.34. The molecule has 0 unspecified atom stereocenters. The Balaban J connectivity index is 2.15. The predicted octanol–water partition coefficient (Wildman–Crippen LogP) is 2.81. The van der Waals surface area contributed by atoms with Gasteiger partial charge in [-0.15, -0.1) is 0 Å². The first-order chi connectivity index (χ1) is 8.74. The van der Waals surface area contributed by atoms with E-state index in [1.54, 1.807) is 22.9 Å². The first-order valence-corrected chi connectivity index (χ1v) is 5.92. The lowest BCUT2D eigenvalue weighted by atomic mass is 10.1. The minimum atomic E-state index is 0.0188. The third-order valence-electron chi connectivity index (χ3n) is 2.94. The van der Waals surface area contributed by atoms with E-state index in [-0.39, 0.29) is 12.3 Å². The van der Waals surface area contributed by atoms with Gasteiger partial charge in [0.1, 0.15) is 11.8 Å². The van der Waals surface area contributed by atoms with Crippen LogP contribution >= 0.6 is 0 Å². The number of hydrogen-bond acceptors (Lipinski definition) is 2. The molecule has 90 valence electrons. The highest BCUT2D eigenvalue weighted by molar-refractivity contribution is 5.96. The third-order valence-corrected chi connectivity index (χ3v) is 2.94. The van der Waals surface area contributed by atoms with Crippen molar-refractivity contribution >= 4 is 5.78 Å². The first kappa shape index (κ1) is 12.1. The van der Waals surface area contributed by atoms with E-state index in [0.717, 1.165) is 6.42 Å². The van der Waals surface area contributed by atoms with Crippen molar-refractivity contribution in [1.82, 2.24) is 4.57 Å². The van der Waals surface area contributed by atoms with Crippen LogP contribution in [-0.2, 0) is 13.0 Å². The molecule has 1 aromatic carbocycles. The molecule has 0 aliphatic carbocycles. The van der Waals surface area contributed by atoms with Gasteiger partial charge in [0.15, 0.2) is 5.78 Å². The van der Waals surface area contributed by atoms with Crippen LogP contribution in [0, 0.1) is 11.3 Å². The minimum absolute atomic E-state index is 0.0188. The summed E-state index contributed by atoms with van der Waals surface area (Å²) in [7, 11) is 0. The first-order valence-electron chi connectivity index (χ1n) is 5.92. The summed E-state index contributed by atoms with van der Waals surface area (Å²) in [6.07, 6.45) is 2.71. The van der Waals surface area contributed by atoms with E-state index in [0.29, 0.717) is 11.3 Å². The predicted molar refractivity (Wildman–Crippen MR) is 69.3 cm³/mol. The number of benzene rings is 1. The fourth-order valence-corrected chi connectivity index (χ4v) is 1.83. The molecule has 3 nitrogen and oxygen atoms in total. The topological polar surface area (TPSA) is 45.8 Å². The summed E-state index contributed by atoms with van der Waals surface area (Å²) in [4.78, 5) is 12.0. The minimum Gasteiger partial charge on any atom is -0.332 e. The average Bonchev–Trinajstić information content (AvgIpc) is 2.86. The average molecular weight is 238 g/mol. The lowest BCUT2D eigenvalue weighted by molar-refractivity contribution is 0.0972. The van der Waals surface area contributed by atoms with Crippen LogP contribution in [0.4, 0.5) is 0 Å². The molecule has 0 saturated heterocycles. The number of hydrogen-bond donors (Lipinski definition) is 0. The fraction of sp³-hybridized carbons (Fsp3) is 0.200. The highest BCUT2D eigenvalue weighted by atomic mass is 16.1. The molecule has 3 heteroatoms. The van der Waals surface area contributed by atoms with Gasteiger partial charge in [0, 0.05) is 11.8 Å². The van der Waals surface area contributed by atoms with Gasteiger partial charge in [0.2, 0.25) is 0 Å². The molecule has 1 aromatic heterocycles. The molecule has 0 amide bonds. The van der Waals surface area contributed by atoms with E-state index in [2.05, 4.69) is 13.0 Å². The Morgan fingerprint density at radius 1 is 1.28 bits per heavy atom. The van der Waals surface area contributed by atoms with Gasteiger partial charge < -0.3 is 4.57 Å². The largest absolute Gasteiger partial charge is 0.332 e. The smallest absolute Gasteiger partial charge is 0.182 e. The third kappa shape index (κ3) is 2.49. The lowest BCUT2D eigenvalue weighted by Crippen LogP contribution is -2.10. The molecule has 2 rings (SSSR count). The lowest BCUT2D eigenvalue weighted by Gasteiger charge is -2.05. The number of nitrogens with zero attached hydrogens (tertiary/aromatic N) is 2. The van der Waals surface area contributed by atoms with Crippen molar-refractivity contribution in [2.75, 3.05) is 0 Å². The van der Waals surface area contributed by atoms with E-state index in [1.807, 2.05) is 24.3 Å². The standard InChI is InChI=1S/C15H14N2O/c1-2-12-5-7-13(8-6-12)15(18)11-17-9-3-4-14(17)10-16/h3-9H,2,11H2,1H3. The SMILES string of the molecule is CCc1ccc(C(=O)Cn2cccc2C#N)cc1. The van der Waals surface area contributed by atoms with Gasteiger partial charge >= 0.3 is 0 Å². The van der Waals surface area contributed by atoms with Crippen molar-refractivity contribution < 1.29 is 4.79 Å². The molecule has 0 N–H and O–H groups in total. The van der Waals surface area contributed by atoms with E-state index in [1.165, 1.54) is 5.56 Å². The Morgan fingerprint density at radius 2 is 2.00 bits per heavy atom. The maximum Gasteiger partial charge on any atom is 0.182 e. The molecule has 0 radical (unpaired) electrons. The van der Waals surface area contributed by atoms with Crippen LogP contribution < -0.4 is 0 Å².